The van der Waals surface area contributed by atoms with Gasteiger partial charge in [0.25, 0.3) is 0 Å². The van der Waals surface area contributed by atoms with Crippen LogP contribution in [0.5, 0.6) is 0 Å². The van der Waals surface area contributed by atoms with Crippen LogP contribution in [-0.4, -0.2) is 27.0 Å². The maximum Gasteiger partial charge on any atom is 0.390 e. The largest absolute Gasteiger partial charge is 0.476 e. The molecule has 5 nitrogen and oxygen atoms in total. The normalized spacial score (nSPS) is 11.7. The van der Waals surface area contributed by atoms with E-state index in [-0.39, 0.29) is 5.69 Å². The van der Waals surface area contributed by atoms with Crippen molar-refractivity contribution in [2.24, 2.45) is 0 Å². The lowest BCUT2D eigenvalue weighted by Gasteiger charge is -2.07. The SMILES string of the molecule is Nc1cnn(CCC(F)(F)F)c1C(=O)O. The van der Waals surface area contributed by atoms with E-state index >= 15 is 0 Å². The van der Waals surface area contributed by atoms with E-state index < -0.39 is 30.8 Å². The Labute approximate surface area is 82.3 Å². The zero-order valence-electron chi connectivity index (χ0n) is 7.45. The lowest BCUT2D eigenvalue weighted by molar-refractivity contribution is -0.137. The third kappa shape index (κ3) is 2.86. The summed E-state index contributed by atoms with van der Waals surface area (Å²) in [6.45, 7) is -0.553. The van der Waals surface area contributed by atoms with Gasteiger partial charge in [-0.2, -0.15) is 18.3 Å². The van der Waals surface area contributed by atoms with Gasteiger partial charge < -0.3 is 10.8 Å². The Morgan fingerprint density at radius 2 is 2.20 bits per heavy atom. The minimum absolute atomic E-state index is 0.148. The number of aromatic nitrogens is 2. The number of alkyl halides is 3. The molecule has 0 aliphatic carbocycles. The number of carbonyl (C=O) groups is 1. The van der Waals surface area contributed by atoms with Crippen LogP contribution in [0.25, 0.3) is 0 Å². The fourth-order valence-corrected chi connectivity index (χ4v) is 1.04. The molecular weight excluding hydrogens is 215 g/mol. The van der Waals surface area contributed by atoms with Gasteiger partial charge in [0.2, 0.25) is 0 Å². The number of aromatic carboxylic acids is 1. The Hall–Kier alpha value is -1.73. The summed E-state index contributed by atoms with van der Waals surface area (Å²) < 4.78 is 36.3. The summed E-state index contributed by atoms with van der Waals surface area (Å²) in [4.78, 5) is 10.6. The Morgan fingerprint density at radius 1 is 1.60 bits per heavy atom. The van der Waals surface area contributed by atoms with Crippen LogP contribution in [0, 0.1) is 0 Å². The van der Waals surface area contributed by atoms with Crippen LogP contribution in [-0.2, 0) is 6.54 Å². The average Bonchev–Trinajstić information content (AvgIpc) is 2.42. The van der Waals surface area contributed by atoms with Crippen LogP contribution in [0.15, 0.2) is 6.20 Å². The topological polar surface area (TPSA) is 81.1 Å². The van der Waals surface area contributed by atoms with E-state index in [4.69, 9.17) is 10.8 Å². The van der Waals surface area contributed by atoms with Crippen LogP contribution >= 0.6 is 0 Å². The van der Waals surface area contributed by atoms with Gasteiger partial charge in [0.1, 0.15) is 0 Å². The molecule has 0 aliphatic rings. The summed E-state index contributed by atoms with van der Waals surface area (Å²) >= 11 is 0. The number of hydrogen-bond donors (Lipinski definition) is 2. The minimum Gasteiger partial charge on any atom is -0.476 e. The summed E-state index contributed by atoms with van der Waals surface area (Å²) in [5, 5.41) is 12.1. The summed E-state index contributed by atoms with van der Waals surface area (Å²) in [7, 11) is 0. The predicted molar refractivity (Wildman–Crippen MR) is 44.3 cm³/mol. The Balaban J connectivity index is 2.82. The van der Waals surface area contributed by atoms with E-state index in [1.807, 2.05) is 0 Å². The zero-order chi connectivity index (χ0) is 11.6. The smallest absolute Gasteiger partial charge is 0.390 e. The number of anilines is 1. The number of hydrogen-bond acceptors (Lipinski definition) is 3. The van der Waals surface area contributed by atoms with Gasteiger partial charge in [0, 0.05) is 0 Å². The van der Waals surface area contributed by atoms with Crippen molar-refractivity contribution in [1.29, 1.82) is 0 Å². The predicted octanol–water partition coefficient (Wildman–Crippen LogP) is 1.12. The molecule has 1 rings (SSSR count). The molecule has 8 heteroatoms. The molecule has 0 amide bonds. The molecule has 0 aromatic carbocycles. The molecule has 0 unspecified atom stereocenters. The average molecular weight is 223 g/mol. The highest BCUT2D eigenvalue weighted by Crippen LogP contribution is 2.21. The molecule has 0 radical (unpaired) electrons. The molecule has 15 heavy (non-hydrogen) atoms. The lowest BCUT2D eigenvalue weighted by Crippen LogP contribution is -2.17. The highest BCUT2D eigenvalue weighted by Gasteiger charge is 2.28. The molecule has 1 aromatic rings. The molecule has 1 heterocycles. The number of rotatable bonds is 3. The van der Waals surface area contributed by atoms with Crippen molar-refractivity contribution in [1.82, 2.24) is 9.78 Å². The standard InChI is InChI=1S/C7H8F3N3O2/c8-7(9,10)1-2-13-5(6(14)15)4(11)3-12-13/h3H,1-2,11H2,(H,14,15). The van der Waals surface area contributed by atoms with E-state index in [2.05, 4.69) is 5.10 Å². The Morgan fingerprint density at radius 3 is 2.67 bits per heavy atom. The van der Waals surface area contributed by atoms with Crippen molar-refractivity contribution in [3.8, 4) is 0 Å². The van der Waals surface area contributed by atoms with Crippen molar-refractivity contribution in [3.63, 3.8) is 0 Å². The molecule has 0 saturated heterocycles. The van der Waals surface area contributed by atoms with E-state index in [1.54, 1.807) is 0 Å². The van der Waals surface area contributed by atoms with Crippen molar-refractivity contribution >= 4 is 11.7 Å². The number of halogens is 3. The molecule has 0 bridgehead atoms. The van der Waals surface area contributed by atoms with Gasteiger partial charge in [0.05, 0.1) is 24.8 Å². The molecule has 1 aromatic heterocycles. The molecule has 0 atom stereocenters. The molecule has 3 N–H and O–H groups in total. The monoisotopic (exact) mass is 223 g/mol. The third-order valence-corrected chi connectivity index (χ3v) is 1.68. The van der Waals surface area contributed by atoms with E-state index in [0.717, 1.165) is 10.9 Å². The molecule has 84 valence electrons. The van der Waals surface area contributed by atoms with Gasteiger partial charge in [-0.05, 0) is 0 Å². The third-order valence-electron chi connectivity index (χ3n) is 1.68. The highest BCUT2D eigenvalue weighted by atomic mass is 19.4. The molecule has 0 saturated carbocycles. The summed E-state index contributed by atoms with van der Waals surface area (Å²) in [5.41, 5.74) is 4.67. The number of carboxylic acid groups (broad SMARTS) is 1. The second-order valence-corrected chi connectivity index (χ2v) is 2.84. The van der Waals surface area contributed by atoms with Crippen molar-refractivity contribution in [3.05, 3.63) is 11.9 Å². The van der Waals surface area contributed by atoms with Crippen LogP contribution < -0.4 is 5.73 Å². The first-order chi connectivity index (χ1) is 6.81. The van der Waals surface area contributed by atoms with E-state index in [1.165, 1.54) is 0 Å². The van der Waals surface area contributed by atoms with Gasteiger partial charge in [0.15, 0.2) is 5.69 Å². The van der Waals surface area contributed by atoms with Crippen molar-refractivity contribution in [2.75, 3.05) is 5.73 Å². The van der Waals surface area contributed by atoms with Gasteiger partial charge in [-0.25, -0.2) is 4.79 Å². The van der Waals surface area contributed by atoms with Crippen LogP contribution in [0.1, 0.15) is 16.9 Å². The summed E-state index contributed by atoms with van der Waals surface area (Å²) in [6, 6.07) is 0. The minimum atomic E-state index is -4.35. The lowest BCUT2D eigenvalue weighted by atomic mass is 10.3. The highest BCUT2D eigenvalue weighted by molar-refractivity contribution is 5.91. The maximum absolute atomic E-state index is 11.9. The van der Waals surface area contributed by atoms with Crippen LogP contribution in [0.3, 0.4) is 0 Å². The van der Waals surface area contributed by atoms with Gasteiger partial charge >= 0.3 is 12.1 Å². The van der Waals surface area contributed by atoms with E-state index in [9.17, 15) is 18.0 Å². The Kier molecular flexibility index (Phi) is 2.87. The zero-order valence-corrected chi connectivity index (χ0v) is 7.45. The number of carboxylic acids is 1. The first-order valence-corrected chi connectivity index (χ1v) is 3.92. The van der Waals surface area contributed by atoms with Crippen molar-refractivity contribution in [2.45, 2.75) is 19.1 Å². The van der Waals surface area contributed by atoms with Gasteiger partial charge in [-0.1, -0.05) is 0 Å². The van der Waals surface area contributed by atoms with Gasteiger partial charge in [-0.3, -0.25) is 4.68 Å². The first kappa shape index (κ1) is 11.3. The Bertz CT molecular complexity index is 372. The second-order valence-electron chi connectivity index (χ2n) is 2.84. The fraction of sp³-hybridized carbons (Fsp3) is 0.429. The molecular formula is C7H8F3N3O2. The summed E-state index contributed by atoms with van der Waals surface area (Å²) in [5.74, 6) is -1.40. The second kappa shape index (κ2) is 3.79. The number of nitrogen functional groups attached to an aromatic ring is 1. The van der Waals surface area contributed by atoms with Gasteiger partial charge in [-0.15, -0.1) is 0 Å². The van der Waals surface area contributed by atoms with E-state index in [0.29, 0.717) is 0 Å². The van der Waals surface area contributed by atoms with Crippen LogP contribution in [0.2, 0.25) is 0 Å². The van der Waals surface area contributed by atoms with Crippen molar-refractivity contribution < 1.29 is 23.1 Å². The molecule has 0 aliphatic heterocycles. The number of nitrogens with zero attached hydrogens (tertiary/aromatic N) is 2. The first-order valence-electron chi connectivity index (χ1n) is 3.92. The fourth-order valence-electron chi connectivity index (χ4n) is 1.04. The quantitative estimate of drug-likeness (QED) is 0.804. The number of aryl methyl sites for hydroxylation is 1. The number of nitrogens with two attached hydrogens (primary N) is 1. The van der Waals surface area contributed by atoms with Crippen LogP contribution in [0.4, 0.5) is 18.9 Å². The molecule has 0 fully saturated rings. The maximum atomic E-state index is 11.9. The molecule has 0 spiro atoms. The summed E-state index contributed by atoms with van der Waals surface area (Å²) in [6.07, 6.45) is -4.48.